The summed E-state index contributed by atoms with van der Waals surface area (Å²) in [5.41, 5.74) is 2.27. The zero-order valence-electron chi connectivity index (χ0n) is 23.6. The molecule has 0 spiro atoms. The first-order valence-corrected chi connectivity index (χ1v) is 14.8. The van der Waals surface area contributed by atoms with Gasteiger partial charge in [-0.1, -0.05) is 109 Å². The Labute approximate surface area is 226 Å². The Morgan fingerprint density at radius 3 is 1.62 bits per heavy atom. The summed E-state index contributed by atoms with van der Waals surface area (Å²) < 4.78 is 17.2. The topological polar surface area (TPSA) is 44.8 Å². The molecule has 0 N–H and O–H groups in total. The van der Waals surface area contributed by atoms with Gasteiger partial charge >= 0.3 is 5.97 Å². The van der Waals surface area contributed by atoms with Crippen LogP contribution in [0.3, 0.4) is 0 Å². The van der Waals surface area contributed by atoms with E-state index in [1.54, 1.807) is 0 Å². The van der Waals surface area contributed by atoms with Crippen LogP contribution >= 0.6 is 0 Å². The van der Waals surface area contributed by atoms with Gasteiger partial charge in [-0.15, -0.1) is 0 Å². The van der Waals surface area contributed by atoms with Crippen LogP contribution in [0.4, 0.5) is 0 Å². The first-order valence-electron chi connectivity index (χ1n) is 14.8. The van der Waals surface area contributed by atoms with Gasteiger partial charge in [0.25, 0.3) is 0 Å². The molecule has 0 aromatic heterocycles. The third-order valence-corrected chi connectivity index (χ3v) is 6.61. The molecule has 2 aromatic rings. The van der Waals surface area contributed by atoms with Crippen molar-refractivity contribution in [3.63, 3.8) is 0 Å². The van der Waals surface area contributed by atoms with Crippen LogP contribution in [0.2, 0.25) is 0 Å². The molecular formula is C33H50O4. The molecule has 0 aliphatic heterocycles. The molecule has 0 radical (unpaired) electrons. The maximum absolute atomic E-state index is 11.9. The Hall–Kier alpha value is -2.49. The molecule has 0 saturated carbocycles. The molecule has 2 rings (SSSR count). The Morgan fingerprint density at radius 2 is 1.08 bits per heavy atom. The molecule has 0 aliphatic rings. The second-order valence-electron chi connectivity index (χ2n) is 10.1. The van der Waals surface area contributed by atoms with Gasteiger partial charge in [0, 0.05) is 6.42 Å². The van der Waals surface area contributed by atoms with Crippen molar-refractivity contribution in [2.75, 3.05) is 13.2 Å². The second-order valence-corrected chi connectivity index (χ2v) is 10.1. The summed E-state index contributed by atoms with van der Waals surface area (Å²) >= 11 is 0. The predicted octanol–water partition coefficient (Wildman–Crippen LogP) is 9.54. The molecule has 4 heteroatoms. The van der Waals surface area contributed by atoms with Gasteiger partial charge in [0.2, 0.25) is 0 Å². The average Bonchev–Trinajstić information content (AvgIpc) is 2.92. The number of hydrogen-bond donors (Lipinski definition) is 0. The molecule has 0 saturated heterocycles. The third-order valence-electron chi connectivity index (χ3n) is 6.61. The van der Waals surface area contributed by atoms with Gasteiger partial charge in [0.1, 0.15) is 24.2 Å². The summed E-state index contributed by atoms with van der Waals surface area (Å²) in [6.07, 6.45) is 16.4. The lowest BCUT2D eigenvalue weighted by atomic mass is 10.1. The zero-order chi connectivity index (χ0) is 26.6. The Kier molecular flexibility index (Phi) is 16.3. The van der Waals surface area contributed by atoms with E-state index in [1.807, 2.05) is 31.2 Å². The Balaban J connectivity index is 1.62. The average molecular weight is 511 g/mol. The number of rotatable bonds is 21. The molecule has 0 fully saturated rings. The molecule has 1 unspecified atom stereocenters. The van der Waals surface area contributed by atoms with Gasteiger partial charge < -0.3 is 14.2 Å². The fourth-order valence-electron chi connectivity index (χ4n) is 4.32. The smallest absolute Gasteiger partial charge is 0.306 e. The highest BCUT2D eigenvalue weighted by molar-refractivity contribution is 5.69. The van der Waals surface area contributed by atoms with E-state index in [1.165, 1.54) is 57.8 Å². The molecule has 0 amide bonds. The lowest BCUT2D eigenvalue weighted by molar-refractivity contribution is -0.149. The number of carbonyl (C=O) groups is 1. The molecule has 4 nitrogen and oxygen atoms in total. The minimum atomic E-state index is -0.263. The standard InChI is InChI=1S/C33H50O4/c1-4-6-8-10-11-12-13-14-16-26-35-31-22-18-29(19-23-31)30-20-24-32(25-21-30)36-27-28(3)37-33(34)17-15-9-7-5-2/h18-25,28H,4-17,26-27H2,1-3H3. The highest BCUT2D eigenvalue weighted by Crippen LogP contribution is 2.25. The van der Waals surface area contributed by atoms with Crippen LogP contribution in [0.15, 0.2) is 48.5 Å². The lowest BCUT2D eigenvalue weighted by Crippen LogP contribution is -2.21. The lowest BCUT2D eigenvalue weighted by Gasteiger charge is -2.15. The van der Waals surface area contributed by atoms with E-state index in [9.17, 15) is 4.79 Å². The van der Waals surface area contributed by atoms with Crippen LogP contribution in [-0.4, -0.2) is 25.3 Å². The van der Waals surface area contributed by atoms with Gasteiger partial charge in [0.05, 0.1) is 6.61 Å². The molecule has 0 aliphatic carbocycles. The minimum Gasteiger partial charge on any atom is -0.494 e. The zero-order valence-corrected chi connectivity index (χ0v) is 23.6. The van der Waals surface area contributed by atoms with Gasteiger partial charge in [-0.05, 0) is 55.2 Å². The normalized spacial score (nSPS) is 11.8. The van der Waals surface area contributed by atoms with Crippen molar-refractivity contribution in [3.8, 4) is 22.6 Å². The summed E-state index contributed by atoms with van der Waals surface area (Å²) in [6.45, 7) is 7.44. The molecular weight excluding hydrogens is 460 g/mol. The van der Waals surface area contributed by atoms with Gasteiger partial charge in [-0.2, -0.15) is 0 Å². The monoisotopic (exact) mass is 510 g/mol. The van der Waals surface area contributed by atoms with Crippen LogP contribution in [0.1, 0.15) is 111 Å². The van der Waals surface area contributed by atoms with Crippen molar-refractivity contribution < 1.29 is 19.0 Å². The summed E-state index contributed by atoms with van der Waals surface area (Å²) in [5.74, 6) is 1.57. The second kappa shape index (κ2) is 19.6. The molecule has 0 heterocycles. The number of hydrogen-bond acceptors (Lipinski definition) is 4. The summed E-state index contributed by atoms with van der Waals surface area (Å²) in [4.78, 5) is 11.9. The molecule has 37 heavy (non-hydrogen) atoms. The number of esters is 1. The summed E-state index contributed by atoms with van der Waals surface area (Å²) in [6, 6.07) is 16.3. The van der Waals surface area contributed by atoms with Crippen molar-refractivity contribution in [3.05, 3.63) is 48.5 Å². The maximum atomic E-state index is 11.9. The van der Waals surface area contributed by atoms with E-state index in [2.05, 4.69) is 38.1 Å². The van der Waals surface area contributed by atoms with Crippen molar-refractivity contribution in [1.82, 2.24) is 0 Å². The summed E-state index contributed by atoms with van der Waals surface area (Å²) in [7, 11) is 0. The van der Waals surface area contributed by atoms with Gasteiger partial charge in [0.15, 0.2) is 0 Å². The maximum Gasteiger partial charge on any atom is 0.306 e. The van der Waals surface area contributed by atoms with Crippen LogP contribution in [0.25, 0.3) is 11.1 Å². The first-order chi connectivity index (χ1) is 18.1. The predicted molar refractivity (Wildman–Crippen MR) is 154 cm³/mol. The van der Waals surface area contributed by atoms with Crippen LogP contribution in [0, 0.1) is 0 Å². The molecule has 2 aromatic carbocycles. The van der Waals surface area contributed by atoms with Crippen molar-refractivity contribution in [2.45, 2.75) is 117 Å². The van der Waals surface area contributed by atoms with E-state index in [4.69, 9.17) is 14.2 Å². The van der Waals surface area contributed by atoms with Crippen LogP contribution < -0.4 is 9.47 Å². The van der Waals surface area contributed by atoms with E-state index < -0.39 is 0 Å². The van der Waals surface area contributed by atoms with Crippen molar-refractivity contribution in [1.29, 1.82) is 0 Å². The highest BCUT2D eigenvalue weighted by atomic mass is 16.6. The number of unbranched alkanes of at least 4 members (excludes halogenated alkanes) is 11. The highest BCUT2D eigenvalue weighted by Gasteiger charge is 2.10. The molecule has 0 bridgehead atoms. The largest absolute Gasteiger partial charge is 0.494 e. The SMILES string of the molecule is CCCCCCCCCCCOc1ccc(-c2ccc(OCC(C)OC(=O)CCCCCC)cc2)cc1. The fourth-order valence-corrected chi connectivity index (χ4v) is 4.32. The Bertz CT molecular complexity index is 828. The van der Waals surface area contributed by atoms with E-state index >= 15 is 0 Å². The quantitative estimate of drug-likeness (QED) is 0.124. The van der Waals surface area contributed by atoms with Crippen LogP contribution in [-0.2, 0) is 9.53 Å². The number of ether oxygens (including phenoxy) is 3. The number of carbonyl (C=O) groups excluding carboxylic acids is 1. The summed E-state index contributed by atoms with van der Waals surface area (Å²) in [5, 5.41) is 0. The fraction of sp³-hybridized carbons (Fsp3) is 0.606. The minimum absolute atomic E-state index is 0.136. The van der Waals surface area contributed by atoms with E-state index in [0.29, 0.717) is 13.0 Å². The first kappa shape index (κ1) is 30.7. The van der Waals surface area contributed by atoms with Gasteiger partial charge in [-0.3, -0.25) is 4.79 Å². The van der Waals surface area contributed by atoms with Gasteiger partial charge in [-0.25, -0.2) is 0 Å². The van der Waals surface area contributed by atoms with Crippen molar-refractivity contribution >= 4 is 5.97 Å². The van der Waals surface area contributed by atoms with Crippen molar-refractivity contribution in [2.24, 2.45) is 0 Å². The number of benzene rings is 2. The van der Waals surface area contributed by atoms with E-state index in [-0.39, 0.29) is 12.1 Å². The molecule has 206 valence electrons. The van der Waals surface area contributed by atoms with E-state index in [0.717, 1.165) is 54.9 Å². The van der Waals surface area contributed by atoms with Crippen LogP contribution in [0.5, 0.6) is 11.5 Å². The Morgan fingerprint density at radius 1 is 0.622 bits per heavy atom. The third kappa shape index (κ3) is 14.1. The molecule has 1 atom stereocenters.